The molecule has 0 spiro atoms. The predicted octanol–water partition coefficient (Wildman–Crippen LogP) is 2.69. The van der Waals surface area contributed by atoms with E-state index in [1.54, 1.807) is 0 Å². The largest absolute Gasteiger partial charge is 0.314 e. The molecule has 1 aromatic carbocycles. The zero-order valence-corrected chi connectivity index (χ0v) is 12.4. The van der Waals surface area contributed by atoms with Gasteiger partial charge in [0.1, 0.15) is 0 Å². The fourth-order valence-electron chi connectivity index (χ4n) is 2.27. The van der Waals surface area contributed by atoms with Gasteiger partial charge in [0.15, 0.2) is 0 Å². The van der Waals surface area contributed by atoms with E-state index in [-0.39, 0.29) is 0 Å². The molecular formula is C15H24N2S. The lowest BCUT2D eigenvalue weighted by Gasteiger charge is -2.26. The first-order valence-corrected chi connectivity index (χ1v) is 7.87. The van der Waals surface area contributed by atoms with E-state index in [1.807, 2.05) is 11.8 Å². The fraction of sp³-hybridized carbons (Fsp3) is 0.600. The Morgan fingerprint density at radius 1 is 1.22 bits per heavy atom. The second kappa shape index (κ2) is 7.17. The number of piperazine rings is 1. The minimum absolute atomic E-state index is 1.16. The van der Waals surface area contributed by atoms with Crippen LogP contribution in [0, 0.1) is 13.8 Å². The van der Waals surface area contributed by atoms with Crippen molar-refractivity contribution in [3.05, 3.63) is 29.3 Å². The van der Waals surface area contributed by atoms with Crippen molar-refractivity contribution < 1.29 is 0 Å². The van der Waals surface area contributed by atoms with E-state index in [0.29, 0.717) is 0 Å². The highest BCUT2D eigenvalue weighted by atomic mass is 32.2. The molecule has 0 atom stereocenters. The topological polar surface area (TPSA) is 15.3 Å². The standard InChI is InChI=1S/C15H24N2S/c1-13-4-5-14(2)15(12-13)18-11-3-8-17-9-6-16-7-10-17/h4-5,12,16H,3,6-11H2,1-2H3. The second-order valence-electron chi connectivity index (χ2n) is 5.06. The van der Waals surface area contributed by atoms with Gasteiger partial charge in [-0.15, -0.1) is 11.8 Å². The molecule has 0 radical (unpaired) electrons. The summed E-state index contributed by atoms with van der Waals surface area (Å²) in [6, 6.07) is 6.74. The Kier molecular flexibility index (Phi) is 5.54. The molecule has 3 heteroatoms. The van der Waals surface area contributed by atoms with Gasteiger partial charge in [-0.3, -0.25) is 0 Å². The summed E-state index contributed by atoms with van der Waals surface area (Å²) in [5.41, 5.74) is 2.78. The Morgan fingerprint density at radius 2 is 2.00 bits per heavy atom. The molecule has 1 N–H and O–H groups in total. The lowest BCUT2D eigenvalue weighted by Crippen LogP contribution is -2.43. The monoisotopic (exact) mass is 264 g/mol. The summed E-state index contributed by atoms with van der Waals surface area (Å²) in [6.45, 7) is 10.4. The molecule has 1 heterocycles. The van der Waals surface area contributed by atoms with Crippen molar-refractivity contribution in [3.63, 3.8) is 0 Å². The second-order valence-corrected chi connectivity index (χ2v) is 6.20. The van der Waals surface area contributed by atoms with Crippen molar-refractivity contribution in [1.82, 2.24) is 10.2 Å². The summed E-state index contributed by atoms with van der Waals surface area (Å²) in [5, 5.41) is 3.40. The van der Waals surface area contributed by atoms with E-state index < -0.39 is 0 Å². The Balaban J connectivity index is 1.69. The molecule has 1 saturated heterocycles. The van der Waals surface area contributed by atoms with Crippen molar-refractivity contribution in [3.8, 4) is 0 Å². The minimum Gasteiger partial charge on any atom is -0.314 e. The third kappa shape index (κ3) is 4.30. The normalized spacial score (nSPS) is 17.0. The highest BCUT2D eigenvalue weighted by Crippen LogP contribution is 2.24. The average molecular weight is 264 g/mol. The first-order chi connectivity index (χ1) is 8.75. The molecule has 1 aliphatic heterocycles. The maximum Gasteiger partial charge on any atom is 0.0107 e. The van der Waals surface area contributed by atoms with E-state index in [9.17, 15) is 0 Å². The molecule has 100 valence electrons. The molecule has 0 unspecified atom stereocenters. The van der Waals surface area contributed by atoms with Gasteiger partial charge in [0, 0.05) is 31.1 Å². The van der Waals surface area contributed by atoms with Crippen LogP contribution in [0.15, 0.2) is 23.1 Å². The smallest absolute Gasteiger partial charge is 0.0107 e. The zero-order chi connectivity index (χ0) is 12.8. The number of rotatable bonds is 5. The molecular weight excluding hydrogens is 240 g/mol. The molecule has 1 aromatic rings. The van der Waals surface area contributed by atoms with Gasteiger partial charge < -0.3 is 10.2 Å². The number of nitrogens with one attached hydrogen (secondary N) is 1. The van der Waals surface area contributed by atoms with Crippen LogP contribution in [-0.2, 0) is 0 Å². The Morgan fingerprint density at radius 3 is 2.78 bits per heavy atom. The van der Waals surface area contributed by atoms with Crippen LogP contribution >= 0.6 is 11.8 Å². The van der Waals surface area contributed by atoms with Gasteiger partial charge in [-0.25, -0.2) is 0 Å². The summed E-state index contributed by atoms with van der Waals surface area (Å²) in [6.07, 6.45) is 1.29. The predicted molar refractivity (Wildman–Crippen MR) is 80.6 cm³/mol. The number of hydrogen-bond donors (Lipinski definition) is 1. The summed E-state index contributed by atoms with van der Waals surface area (Å²) in [4.78, 5) is 4.02. The molecule has 18 heavy (non-hydrogen) atoms. The van der Waals surface area contributed by atoms with E-state index in [0.717, 1.165) is 13.1 Å². The van der Waals surface area contributed by atoms with Crippen molar-refractivity contribution in [2.24, 2.45) is 0 Å². The van der Waals surface area contributed by atoms with Crippen molar-refractivity contribution in [2.45, 2.75) is 25.2 Å². The Labute approximate surface area is 115 Å². The van der Waals surface area contributed by atoms with Gasteiger partial charge in [-0.2, -0.15) is 0 Å². The maximum absolute atomic E-state index is 3.40. The molecule has 0 bridgehead atoms. The van der Waals surface area contributed by atoms with Crippen LogP contribution in [0.25, 0.3) is 0 Å². The molecule has 0 amide bonds. The zero-order valence-electron chi connectivity index (χ0n) is 11.5. The summed E-state index contributed by atoms with van der Waals surface area (Å²) < 4.78 is 0. The lowest BCUT2D eigenvalue weighted by atomic mass is 10.2. The third-order valence-corrected chi connectivity index (χ3v) is 4.67. The van der Waals surface area contributed by atoms with E-state index in [1.165, 1.54) is 47.8 Å². The number of aryl methyl sites for hydroxylation is 2. The van der Waals surface area contributed by atoms with E-state index in [2.05, 4.69) is 42.3 Å². The van der Waals surface area contributed by atoms with Gasteiger partial charge in [0.05, 0.1) is 0 Å². The molecule has 2 rings (SSSR count). The van der Waals surface area contributed by atoms with Gasteiger partial charge in [0.2, 0.25) is 0 Å². The maximum atomic E-state index is 3.40. The molecule has 0 aromatic heterocycles. The summed E-state index contributed by atoms with van der Waals surface area (Å²) >= 11 is 2.01. The third-order valence-electron chi connectivity index (χ3n) is 3.43. The van der Waals surface area contributed by atoms with Crippen LogP contribution in [0.4, 0.5) is 0 Å². The Hall–Kier alpha value is -0.510. The molecule has 1 aliphatic rings. The van der Waals surface area contributed by atoms with Gasteiger partial charge >= 0.3 is 0 Å². The van der Waals surface area contributed by atoms with Crippen LogP contribution in [0.5, 0.6) is 0 Å². The van der Waals surface area contributed by atoms with Crippen molar-refractivity contribution in [1.29, 1.82) is 0 Å². The molecule has 2 nitrogen and oxygen atoms in total. The molecule has 0 saturated carbocycles. The SMILES string of the molecule is Cc1ccc(C)c(SCCCN2CCNCC2)c1. The number of thioether (sulfide) groups is 1. The summed E-state index contributed by atoms with van der Waals surface area (Å²) in [7, 11) is 0. The van der Waals surface area contributed by atoms with Crippen LogP contribution < -0.4 is 5.32 Å². The van der Waals surface area contributed by atoms with Crippen molar-refractivity contribution >= 4 is 11.8 Å². The highest BCUT2D eigenvalue weighted by Gasteiger charge is 2.08. The lowest BCUT2D eigenvalue weighted by molar-refractivity contribution is 0.242. The first-order valence-electron chi connectivity index (χ1n) is 6.89. The Bertz CT molecular complexity index is 373. The minimum atomic E-state index is 1.16. The number of nitrogens with zero attached hydrogens (tertiary/aromatic N) is 1. The first kappa shape index (κ1) is 13.9. The number of hydrogen-bond acceptors (Lipinski definition) is 3. The quantitative estimate of drug-likeness (QED) is 0.650. The fourth-order valence-corrected chi connectivity index (χ4v) is 3.33. The summed E-state index contributed by atoms with van der Waals surface area (Å²) in [5.74, 6) is 1.23. The number of benzene rings is 1. The van der Waals surface area contributed by atoms with Crippen LogP contribution in [0.2, 0.25) is 0 Å². The molecule has 0 aliphatic carbocycles. The van der Waals surface area contributed by atoms with E-state index >= 15 is 0 Å². The van der Waals surface area contributed by atoms with Crippen molar-refractivity contribution in [2.75, 3.05) is 38.5 Å². The molecule has 1 fully saturated rings. The average Bonchev–Trinajstić information content (AvgIpc) is 2.40. The van der Waals surface area contributed by atoms with Crippen LogP contribution in [0.1, 0.15) is 17.5 Å². The van der Waals surface area contributed by atoms with Gasteiger partial charge in [0.25, 0.3) is 0 Å². The van der Waals surface area contributed by atoms with Crippen LogP contribution in [-0.4, -0.2) is 43.4 Å². The highest BCUT2D eigenvalue weighted by molar-refractivity contribution is 7.99. The van der Waals surface area contributed by atoms with Gasteiger partial charge in [-0.05, 0) is 44.2 Å². The van der Waals surface area contributed by atoms with Gasteiger partial charge in [-0.1, -0.05) is 17.7 Å². The van der Waals surface area contributed by atoms with Crippen LogP contribution in [0.3, 0.4) is 0 Å². The van der Waals surface area contributed by atoms with E-state index in [4.69, 9.17) is 0 Å².